The smallest absolute Gasteiger partial charge is 0.207 e. The van der Waals surface area contributed by atoms with E-state index in [1.165, 1.54) is 0 Å². The predicted molar refractivity (Wildman–Crippen MR) is 70.7 cm³/mol. The Labute approximate surface area is 108 Å². The summed E-state index contributed by atoms with van der Waals surface area (Å²) in [7, 11) is 1.62. The fourth-order valence-electron chi connectivity index (χ4n) is 2.23. The molecule has 1 unspecified atom stereocenters. The molecule has 0 saturated heterocycles. The molecular weight excluding hydrogens is 228 g/mol. The van der Waals surface area contributed by atoms with Crippen LogP contribution in [0.15, 0.2) is 12.1 Å². The van der Waals surface area contributed by atoms with Crippen molar-refractivity contribution in [3.8, 4) is 11.5 Å². The van der Waals surface area contributed by atoms with Crippen LogP contribution in [-0.2, 0) is 5.41 Å². The second-order valence-corrected chi connectivity index (χ2v) is 5.68. The highest BCUT2D eigenvalue weighted by Crippen LogP contribution is 2.42. The number of hydrogen-bond donors (Lipinski definition) is 0. The number of carbonyl (C=O) groups is 1. The van der Waals surface area contributed by atoms with Crippen LogP contribution in [0.2, 0.25) is 0 Å². The lowest BCUT2D eigenvalue weighted by Gasteiger charge is -2.22. The van der Waals surface area contributed by atoms with Crippen LogP contribution >= 0.6 is 0 Å². The number of benzene rings is 1. The van der Waals surface area contributed by atoms with E-state index < -0.39 is 0 Å². The molecule has 0 amide bonds. The first-order valence-electron chi connectivity index (χ1n) is 6.32. The largest absolute Gasteiger partial charge is 0.497 e. The average Bonchev–Trinajstić information content (AvgIpc) is 2.64. The lowest BCUT2D eigenvalue weighted by molar-refractivity contribution is 0.0851. The number of Topliss-reactive ketones (excluding diaryl/α,β-unsaturated/α-hetero) is 1. The summed E-state index contributed by atoms with van der Waals surface area (Å²) >= 11 is 0. The van der Waals surface area contributed by atoms with Crippen molar-refractivity contribution >= 4 is 5.78 Å². The third-order valence-electron chi connectivity index (χ3n) is 3.29. The van der Waals surface area contributed by atoms with E-state index in [1.54, 1.807) is 13.2 Å². The molecule has 0 radical (unpaired) electrons. The number of methoxy groups -OCH3 is 1. The number of ether oxygens (including phenoxy) is 2. The van der Waals surface area contributed by atoms with Gasteiger partial charge < -0.3 is 9.47 Å². The Morgan fingerprint density at radius 2 is 2.00 bits per heavy atom. The van der Waals surface area contributed by atoms with Crippen LogP contribution in [0, 0.1) is 0 Å². The summed E-state index contributed by atoms with van der Waals surface area (Å²) in [6.07, 6.45) is 0.354. The molecular formula is C15H20O3. The van der Waals surface area contributed by atoms with E-state index in [9.17, 15) is 4.79 Å². The van der Waals surface area contributed by atoms with Crippen molar-refractivity contribution in [1.82, 2.24) is 0 Å². The highest BCUT2D eigenvalue weighted by atomic mass is 16.5. The van der Waals surface area contributed by atoms with E-state index in [4.69, 9.17) is 9.47 Å². The minimum absolute atomic E-state index is 0.0666. The zero-order chi connectivity index (χ0) is 13.5. The maximum atomic E-state index is 12.2. The van der Waals surface area contributed by atoms with Crippen molar-refractivity contribution in [3.05, 3.63) is 23.3 Å². The SMILES string of the molecule is CCC1Oc2c(cc(OC)cc2C(C)(C)C)C1=O. The highest BCUT2D eigenvalue weighted by Gasteiger charge is 2.36. The monoisotopic (exact) mass is 248 g/mol. The molecule has 0 spiro atoms. The van der Waals surface area contributed by atoms with E-state index >= 15 is 0 Å². The van der Waals surface area contributed by atoms with Gasteiger partial charge >= 0.3 is 0 Å². The van der Waals surface area contributed by atoms with Gasteiger partial charge in [0.05, 0.1) is 12.7 Å². The molecule has 1 aromatic rings. The van der Waals surface area contributed by atoms with Crippen molar-refractivity contribution in [2.24, 2.45) is 0 Å². The number of hydrogen-bond acceptors (Lipinski definition) is 3. The van der Waals surface area contributed by atoms with Crippen molar-refractivity contribution < 1.29 is 14.3 Å². The Morgan fingerprint density at radius 1 is 1.33 bits per heavy atom. The van der Waals surface area contributed by atoms with E-state index in [-0.39, 0.29) is 17.3 Å². The summed E-state index contributed by atoms with van der Waals surface area (Å²) in [5.41, 5.74) is 1.61. The highest BCUT2D eigenvalue weighted by molar-refractivity contribution is 6.05. The fourth-order valence-corrected chi connectivity index (χ4v) is 2.23. The maximum absolute atomic E-state index is 12.2. The Bertz CT molecular complexity index is 483. The maximum Gasteiger partial charge on any atom is 0.207 e. The molecule has 0 saturated carbocycles. The number of fused-ring (bicyclic) bond motifs is 1. The molecule has 3 heteroatoms. The Hall–Kier alpha value is -1.51. The van der Waals surface area contributed by atoms with Gasteiger partial charge in [-0.05, 0) is 24.0 Å². The number of carbonyl (C=O) groups excluding carboxylic acids is 1. The summed E-state index contributed by atoms with van der Waals surface area (Å²) < 4.78 is 11.1. The van der Waals surface area contributed by atoms with Gasteiger partial charge in [0.25, 0.3) is 0 Å². The molecule has 1 aliphatic rings. The van der Waals surface area contributed by atoms with Crippen LogP contribution in [0.25, 0.3) is 0 Å². The third-order valence-corrected chi connectivity index (χ3v) is 3.29. The molecule has 0 bridgehead atoms. The van der Waals surface area contributed by atoms with Crippen molar-refractivity contribution in [3.63, 3.8) is 0 Å². The normalized spacial score (nSPS) is 18.5. The fraction of sp³-hybridized carbons (Fsp3) is 0.533. The number of ketones is 1. The first-order valence-corrected chi connectivity index (χ1v) is 6.32. The molecule has 1 aromatic carbocycles. The number of rotatable bonds is 2. The second kappa shape index (κ2) is 4.30. The molecule has 2 rings (SSSR count). The molecule has 0 fully saturated rings. The van der Waals surface area contributed by atoms with Gasteiger partial charge in [0.1, 0.15) is 11.5 Å². The van der Waals surface area contributed by atoms with Gasteiger partial charge in [-0.15, -0.1) is 0 Å². The summed E-state index contributed by atoms with van der Waals surface area (Å²) in [4.78, 5) is 12.2. The van der Waals surface area contributed by atoms with Crippen molar-refractivity contribution in [1.29, 1.82) is 0 Å². The van der Waals surface area contributed by atoms with E-state index in [1.807, 2.05) is 13.0 Å². The molecule has 1 atom stereocenters. The minimum atomic E-state index is -0.340. The third kappa shape index (κ3) is 1.98. The topological polar surface area (TPSA) is 35.5 Å². The molecule has 98 valence electrons. The summed E-state index contributed by atoms with van der Waals surface area (Å²) in [6, 6.07) is 3.74. The lowest BCUT2D eigenvalue weighted by Crippen LogP contribution is -2.19. The van der Waals surface area contributed by atoms with Gasteiger partial charge in [-0.25, -0.2) is 0 Å². The van der Waals surface area contributed by atoms with Crippen LogP contribution in [-0.4, -0.2) is 19.0 Å². The van der Waals surface area contributed by atoms with Gasteiger partial charge in [0, 0.05) is 5.56 Å². The zero-order valence-corrected chi connectivity index (χ0v) is 11.7. The van der Waals surface area contributed by atoms with E-state index in [0.717, 1.165) is 11.3 Å². The van der Waals surface area contributed by atoms with Crippen LogP contribution in [0.5, 0.6) is 11.5 Å². The van der Waals surface area contributed by atoms with Crippen LogP contribution in [0.1, 0.15) is 50.0 Å². The minimum Gasteiger partial charge on any atom is -0.497 e. The molecule has 0 aromatic heterocycles. The average molecular weight is 248 g/mol. The van der Waals surface area contributed by atoms with Crippen molar-refractivity contribution in [2.75, 3.05) is 7.11 Å². The Balaban J connectivity index is 2.61. The molecule has 18 heavy (non-hydrogen) atoms. The van der Waals surface area contributed by atoms with Gasteiger partial charge in [0.15, 0.2) is 6.10 Å². The van der Waals surface area contributed by atoms with E-state index in [0.29, 0.717) is 17.7 Å². The summed E-state index contributed by atoms with van der Waals surface area (Å²) in [5, 5.41) is 0. The molecule has 1 aliphatic heterocycles. The van der Waals surface area contributed by atoms with Crippen LogP contribution < -0.4 is 9.47 Å². The molecule has 3 nitrogen and oxygen atoms in total. The zero-order valence-electron chi connectivity index (χ0n) is 11.7. The summed E-state index contributed by atoms with van der Waals surface area (Å²) in [5.74, 6) is 1.52. The molecule has 1 heterocycles. The van der Waals surface area contributed by atoms with Gasteiger partial charge in [-0.1, -0.05) is 27.7 Å². The molecule has 0 aliphatic carbocycles. The first-order chi connectivity index (χ1) is 8.38. The Kier molecular flexibility index (Phi) is 3.09. The predicted octanol–water partition coefficient (Wildman–Crippen LogP) is 3.35. The standard InChI is InChI=1S/C15H20O3/c1-6-12-13(16)10-7-9(17-5)8-11(14(10)18-12)15(2,3)4/h7-8,12H,6H2,1-5H3. The van der Waals surface area contributed by atoms with Gasteiger partial charge in [-0.2, -0.15) is 0 Å². The lowest BCUT2D eigenvalue weighted by atomic mass is 9.85. The van der Waals surface area contributed by atoms with Crippen LogP contribution in [0.4, 0.5) is 0 Å². The Morgan fingerprint density at radius 3 is 2.50 bits per heavy atom. The summed E-state index contributed by atoms with van der Waals surface area (Å²) in [6.45, 7) is 8.28. The van der Waals surface area contributed by atoms with E-state index in [2.05, 4.69) is 20.8 Å². The molecule has 0 N–H and O–H groups in total. The van der Waals surface area contributed by atoms with Crippen LogP contribution in [0.3, 0.4) is 0 Å². The second-order valence-electron chi connectivity index (χ2n) is 5.68. The quantitative estimate of drug-likeness (QED) is 0.805. The van der Waals surface area contributed by atoms with Gasteiger partial charge in [-0.3, -0.25) is 4.79 Å². The van der Waals surface area contributed by atoms with Gasteiger partial charge in [0.2, 0.25) is 5.78 Å². The first kappa shape index (κ1) is 12.9. The van der Waals surface area contributed by atoms with Crippen molar-refractivity contribution in [2.45, 2.75) is 45.6 Å².